The number of ether oxygens (including phenoxy) is 1. The average molecular weight is 421 g/mol. The summed E-state index contributed by atoms with van der Waals surface area (Å²) in [4.78, 5) is 42.8. The van der Waals surface area contributed by atoms with Gasteiger partial charge in [0.1, 0.15) is 0 Å². The van der Waals surface area contributed by atoms with Gasteiger partial charge in [-0.1, -0.05) is 0 Å². The molecule has 8 nitrogen and oxygen atoms in total. The lowest BCUT2D eigenvalue weighted by atomic mass is 9.89. The molecule has 0 aromatic carbocycles. The average Bonchev–Trinajstić information content (AvgIpc) is 2.73. The SMILES string of the molecule is NC(=O)C1CN(C(=O)C2CCN(C3CCN(C(=O)CC4CCOCC4)CC3)CC2)C1. The number of hydrogen-bond acceptors (Lipinski definition) is 5. The van der Waals surface area contributed by atoms with Crippen LogP contribution < -0.4 is 5.73 Å². The Hall–Kier alpha value is -1.67. The normalized spacial score (nSPS) is 25.9. The highest BCUT2D eigenvalue weighted by Crippen LogP contribution is 2.28. The van der Waals surface area contributed by atoms with Gasteiger partial charge in [-0.15, -0.1) is 0 Å². The van der Waals surface area contributed by atoms with Crippen molar-refractivity contribution in [3.63, 3.8) is 0 Å². The van der Waals surface area contributed by atoms with Crippen molar-refractivity contribution in [2.45, 2.75) is 51.0 Å². The van der Waals surface area contributed by atoms with Gasteiger partial charge in [0, 0.05) is 57.8 Å². The summed E-state index contributed by atoms with van der Waals surface area (Å²) in [7, 11) is 0. The van der Waals surface area contributed by atoms with Gasteiger partial charge in [0.15, 0.2) is 0 Å². The minimum absolute atomic E-state index is 0.0798. The van der Waals surface area contributed by atoms with E-state index in [9.17, 15) is 14.4 Å². The van der Waals surface area contributed by atoms with Gasteiger partial charge in [-0.25, -0.2) is 0 Å². The predicted octanol–water partition coefficient (Wildman–Crippen LogP) is 0.450. The van der Waals surface area contributed by atoms with Crippen molar-refractivity contribution >= 4 is 17.7 Å². The Morgan fingerprint density at radius 1 is 0.800 bits per heavy atom. The zero-order valence-corrected chi connectivity index (χ0v) is 18.0. The molecule has 4 heterocycles. The van der Waals surface area contributed by atoms with Crippen LogP contribution in [0.2, 0.25) is 0 Å². The van der Waals surface area contributed by atoms with Gasteiger partial charge >= 0.3 is 0 Å². The molecule has 168 valence electrons. The highest BCUT2D eigenvalue weighted by atomic mass is 16.5. The molecule has 0 unspecified atom stereocenters. The molecule has 4 aliphatic heterocycles. The maximum absolute atomic E-state index is 12.6. The molecular formula is C22H36N4O4. The largest absolute Gasteiger partial charge is 0.381 e. The molecule has 4 fully saturated rings. The fourth-order valence-corrected chi connectivity index (χ4v) is 5.42. The summed E-state index contributed by atoms with van der Waals surface area (Å²) >= 11 is 0. The zero-order chi connectivity index (χ0) is 21.1. The van der Waals surface area contributed by atoms with E-state index in [1.165, 1.54) is 0 Å². The number of carbonyl (C=O) groups is 3. The minimum Gasteiger partial charge on any atom is -0.381 e. The summed E-state index contributed by atoms with van der Waals surface area (Å²) in [5.74, 6) is 0.621. The van der Waals surface area contributed by atoms with E-state index in [1.54, 1.807) is 4.90 Å². The maximum Gasteiger partial charge on any atom is 0.225 e. The number of rotatable bonds is 5. The van der Waals surface area contributed by atoms with E-state index in [2.05, 4.69) is 9.80 Å². The summed E-state index contributed by atoms with van der Waals surface area (Å²) in [6.07, 6.45) is 6.54. The van der Waals surface area contributed by atoms with Crippen molar-refractivity contribution in [2.75, 3.05) is 52.5 Å². The highest BCUT2D eigenvalue weighted by molar-refractivity contribution is 5.84. The summed E-state index contributed by atoms with van der Waals surface area (Å²) in [5.41, 5.74) is 5.30. The number of nitrogens with two attached hydrogens (primary N) is 1. The van der Waals surface area contributed by atoms with Crippen LogP contribution in [0.4, 0.5) is 0 Å². The second kappa shape index (κ2) is 9.64. The van der Waals surface area contributed by atoms with Crippen molar-refractivity contribution in [1.82, 2.24) is 14.7 Å². The third-order valence-corrected chi connectivity index (χ3v) is 7.61. The molecule has 8 heteroatoms. The molecular weight excluding hydrogens is 384 g/mol. The van der Waals surface area contributed by atoms with Gasteiger partial charge in [-0.3, -0.25) is 14.4 Å². The minimum atomic E-state index is -0.300. The molecule has 0 bridgehead atoms. The van der Waals surface area contributed by atoms with Crippen molar-refractivity contribution in [1.29, 1.82) is 0 Å². The van der Waals surface area contributed by atoms with Crippen molar-refractivity contribution < 1.29 is 19.1 Å². The Balaban J connectivity index is 1.15. The summed E-state index contributed by atoms with van der Waals surface area (Å²) in [6, 6.07) is 0.524. The first-order chi connectivity index (χ1) is 14.5. The van der Waals surface area contributed by atoms with E-state index < -0.39 is 0 Å². The molecule has 0 atom stereocenters. The third kappa shape index (κ3) is 4.97. The molecule has 2 N–H and O–H groups in total. The first-order valence-corrected chi connectivity index (χ1v) is 11.7. The number of primary amides is 1. The number of likely N-dealkylation sites (tertiary alicyclic amines) is 3. The molecule has 3 amide bonds. The van der Waals surface area contributed by atoms with Crippen LogP contribution in [0.25, 0.3) is 0 Å². The van der Waals surface area contributed by atoms with Crippen LogP contribution >= 0.6 is 0 Å². The lowest BCUT2D eigenvalue weighted by Crippen LogP contribution is -2.57. The molecule has 0 saturated carbocycles. The highest BCUT2D eigenvalue weighted by Gasteiger charge is 2.39. The quantitative estimate of drug-likeness (QED) is 0.697. The topological polar surface area (TPSA) is 96.2 Å². The van der Waals surface area contributed by atoms with Crippen LogP contribution in [-0.2, 0) is 19.1 Å². The maximum atomic E-state index is 12.6. The first kappa shape index (κ1) is 21.6. The summed E-state index contributed by atoms with van der Waals surface area (Å²) < 4.78 is 5.39. The number of amides is 3. The number of carbonyl (C=O) groups excluding carboxylic acids is 3. The molecule has 4 saturated heterocycles. The van der Waals surface area contributed by atoms with E-state index in [4.69, 9.17) is 10.5 Å². The second-order valence-electron chi connectivity index (χ2n) is 9.52. The molecule has 0 spiro atoms. The molecule has 0 aliphatic carbocycles. The Morgan fingerprint density at radius 3 is 2.03 bits per heavy atom. The Morgan fingerprint density at radius 2 is 1.43 bits per heavy atom. The third-order valence-electron chi connectivity index (χ3n) is 7.61. The second-order valence-corrected chi connectivity index (χ2v) is 9.52. The fraction of sp³-hybridized carbons (Fsp3) is 0.864. The van der Waals surface area contributed by atoms with Crippen molar-refractivity contribution in [3.05, 3.63) is 0 Å². The van der Waals surface area contributed by atoms with Gasteiger partial charge in [-0.2, -0.15) is 0 Å². The van der Waals surface area contributed by atoms with Crippen LogP contribution in [0.15, 0.2) is 0 Å². The van der Waals surface area contributed by atoms with Crippen LogP contribution in [0.1, 0.15) is 44.9 Å². The molecule has 0 aromatic rings. The number of hydrogen-bond donors (Lipinski definition) is 1. The zero-order valence-electron chi connectivity index (χ0n) is 18.0. The van der Waals surface area contributed by atoms with Crippen LogP contribution in [0.3, 0.4) is 0 Å². The van der Waals surface area contributed by atoms with Crippen LogP contribution in [0, 0.1) is 17.8 Å². The van der Waals surface area contributed by atoms with E-state index in [0.717, 1.165) is 77.9 Å². The number of piperidine rings is 2. The van der Waals surface area contributed by atoms with E-state index in [-0.39, 0.29) is 23.7 Å². The lowest BCUT2D eigenvalue weighted by Gasteiger charge is -2.44. The lowest BCUT2D eigenvalue weighted by molar-refractivity contribution is -0.147. The standard InChI is InChI=1S/C22H36N4O4/c23-21(28)18-14-26(15-18)22(29)17-1-7-24(8-2-17)19-3-9-25(10-4-19)20(27)13-16-5-11-30-12-6-16/h16-19H,1-15H2,(H2,23,28). The molecule has 4 rings (SSSR count). The monoisotopic (exact) mass is 420 g/mol. The van der Waals surface area contributed by atoms with E-state index in [0.29, 0.717) is 37.4 Å². The Bertz CT molecular complexity index is 629. The first-order valence-electron chi connectivity index (χ1n) is 11.7. The summed E-state index contributed by atoms with van der Waals surface area (Å²) in [5, 5.41) is 0. The predicted molar refractivity (Wildman–Crippen MR) is 111 cm³/mol. The van der Waals surface area contributed by atoms with E-state index >= 15 is 0 Å². The smallest absolute Gasteiger partial charge is 0.225 e. The van der Waals surface area contributed by atoms with Crippen molar-refractivity contribution in [3.8, 4) is 0 Å². The van der Waals surface area contributed by atoms with Gasteiger partial charge in [0.25, 0.3) is 0 Å². The molecule has 0 aromatic heterocycles. The molecule has 0 radical (unpaired) electrons. The molecule has 4 aliphatic rings. The van der Waals surface area contributed by atoms with Crippen LogP contribution in [-0.4, -0.2) is 90.9 Å². The molecule has 30 heavy (non-hydrogen) atoms. The van der Waals surface area contributed by atoms with Gasteiger partial charge in [0.2, 0.25) is 17.7 Å². The summed E-state index contributed by atoms with van der Waals surface area (Å²) in [6.45, 7) is 6.18. The van der Waals surface area contributed by atoms with Crippen LogP contribution in [0.5, 0.6) is 0 Å². The van der Waals surface area contributed by atoms with E-state index in [1.807, 2.05) is 0 Å². The van der Waals surface area contributed by atoms with Gasteiger partial charge in [0.05, 0.1) is 5.92 Å². The Labute approximate surface area is 179 Å². The van der Waals surface area contributed by atoms with Crippen molar-refractivity contribution in [2.24, 2.45) is 23.5 Å². The fourth-order valence-electron chi connectivity index (χ4n) is 5.42. The van der Waals surface area contributed by atoms with Gasteiger partial charge in [-0.05, 0) is 57.5 Å². The number of nitrogens with zero attached hydrogens (tertiary/aromatic N) is 3. The Kier molecular flexibility index (Phi) is 6.93. The van der Waals surface area contributed by atoms with Gasteiger partial charge < -0.3 is 25.2 Å².